The fourth-order valence-electron chi connectivity index (χ4n) is 5.12. The van der Waals surface area contributed by atoms with E-state index in [1.54, 1.807) is 0 Å². The van der Waals surface area contributed by atoms with Gasteiger partial charge in [0.05, 0.1) is 13.2 Å². The summed E-state index contributed by atoms with van der Waals surface area (Å²) < 4.78 is 11.1. The molecule has 4 nitrogen and oxygen atoms in total. The summed E-state index contributed by atoms with van der Waals surface area (Å²) in [6.07, 6.45) is 44.6. The molecule has 0 radical (unpaired) electrons. The third-order valence-electron chi connectivity index (χ3n) is 7.94. The fourth-order valence-corrected chi connectivity index (χ4v) is 5.12. The molecule has 252 valence electrons. The van der Waals surface area contributed by atoms with Gasteiger partial charge in [0, 0.05) is 13.0 Å². The summed E-state index contributed by atoms with van der Waals surface area (Å²) in [5.41, 5.74) is 0. The number of hydrogen-bond donors (Lipinski definition) is 1. The largest absolute Gasteiger partial charge is 0.457 e. The first-order valence-corrected chi connectivity index (χ1v) is 18.6. The van der Waals surface area contributed by atoms with Gasteiger partial charge in [0.15, 0.2) is 0 Å². The molecule has 0 aromatic carbocycles. The van der Waals surface area contributed by atoms with Crippen LogP contribution < -0.4 is 0 Å². The Hall–Kier alpha value is -1.39. The molecular weight excluding hydrogens is 532 g/mol. The Morgan fingerprint density at radius 1 is 0.558 bits per heavy atom. The van der Waals surface area contributed by atoms with Gasteiger partial charge in [-0.05, 0) is 70.6 Å². The third kappa shape index (κ3) is 35.0. The van der Waals surface area contributed by atoms with Crippen LogP contribution >= 0.6 is 0 Å². The van der Waals surface area contributed by atoms with Gasteiger partial charge in [-0.2, -0.15) is 0 Å². The van der Waals surface area contributed by atoms with Gasteiger partial charge in [-0.1, -0.05) is 140 Å². The van der Waals surface area contributed by atoms with E-state index in [4.69, 9.17) is 9.47 Å². The van der Waals surface area contributed by atoms with E-state index in [2.05, 4.69) is 50.3 Å². The summed E-state index contributed by atoms with van der Waals surface area (Å²) in [6.45, 7) is 5.29. The molecule has 0 amide bonds. The van der Waals surface area contributed by atoms with Crippen LogP contribution in [0.3, 0.4) is 0 Å². The standard InChI is InChI=1S/C39H72O4/c1-3-5-7-9-11-13-15-17-19-20-21-22-24-26-28-30-32-34-39(41)43-38(36-40)37-42-35-33-31-29-27-25-23-18-16-14-12-10-8-6-4-2/h11,13-14,16-17,19,38,40H,3-10,12,15,18,20-37H2,1-2H3/b13-11-,16-14-,19-17-. The summed E-state index contributed by atoms with van der Waals surface area (Å²) in [5, 5.41) is 9.55. The lowest BCUT2D eigenvalue weighted by Crippen LogP contribution is -2.27. The molecule has 0 rings (SSSR count). The smallest absolute Gasteiger partial charge is 0.306 e. The van der Waals surface area contributed by atoms with Crippen LogP contribution in [0.2, 0.25) is 0 Å². The van der Waals surface area contributed by atoms with Crippen molar-refractivity contribution in [3.63, 3.8) is 0 Å². The zero-order chi connectivity index (χ0) is 31.3. The number of ether oxygens (including phenoxy) is 2. The average Bonchev–Trinajstić information content (AvgIpc) is 3.01. The lowest BCUT2D eigenvalue weighted by molar-refractivity contribution is -0.154. The first kappa shape index (κ1) is 41.6. The number of unbranched alkanes of at least 4 members (excludes halogenated alkanes) is 20. The van der Waals surface area contributed by atoms with Gasteiger partial charge in [0.2, 0.25) is 0 Å². The van der Waals surface area contributed by atoms with Crippen molar-refractivity contribution in [2.24, 2.45) is 0 Å². The number of aliphatic hydroxyl groups excluding tert-OH is 1. The van der Waals surface area contributed by atoms with Crippen LogP contribution in [0.4, 0.5) is 0 Å². The van der Waals surface area contributed by atoms with E-state index in [9.17, 15) is 9.90 Å². The second-order valence-electron chi connectivity index (χ2n) is 12.3. The van der Waals surface area contributed by atoms with E-state index in [1.807, 2.05) is 0 Å². The summed E-state index contributed by atoms with van der Waals surface area (Å²) in [5.74, 6) is -0.212. The van der Waals surface area contributed by atoms with E-state index in [0.717, 1.165) is 25.7 Å². The maximum atomic E-state index is 12.1. The molecule has 1 atom stereocenters. The number of hydrogen-bond acceptors (Lipinski definition) is 4. The molecule has 0 saturated carbocycles. The average molecular weight is 605 g/mol. The van der Waals surface area contributed by atoms with Crippen LogP contribution in [-0.4, -0.2) is 37.0 Å². The summed E-state index contributed by atoms with van der Waals surface area (Å²) in [7, 11) is 0. The summed E-state index contributed by atoms with van der Waals surface area (Å²) in [6, 6.07) is 0. The predicted octanol–water partition coefficient (Wildman–Crippen LogP) is 11.8. The van der Waals surface area contributed by atoms with Crippen molar-refractivity contribution < 1.29 is 19.4 Å². The van der Waals surface area contributed by atoms with Crippen LogP contribution in [0.1, 0.15) is 181 Å². The number of carbonyl (C=O) groups excluding carboxylic acids is 1. The van der Waals surface area contributed by atoms with Crippen LogP contribution in [0.25, 0.3) is 0 Å². The van der Waals surface area contributed by atoms with Crippen LogP contribution in [-0.2, 0) is 14.3 Å². The van der Waals surface area contributed by atoms with E-state index < -0.39 is 6.10 Å². The highest BCUT2D eigenvalue weighted by molar-refractivity contribution is 5.69. The van der Waals surface area contributed by atoms with Gasteiger partial charge in [-0.3, -0.25) is 4.79 Å². The highest BCUT2D eigenvalue weighted by Gasteiger charge is 2.13. The van der Waals surface area contributed by atoms with Gasteiger partial charge in [-0.25, -0.2) is 0 Å². The monoisotopic (exact) mass is 605 g/mol. The van der Waals surface area contributed by atoms with Crippen molar-refractivity contribution in [3.8, 4) is 0 Å². The molecule has 1 unspecified atom stereocenters. The summed E-state index contributed by atoms with van der Waals surface area (Å²) >= 11 is 0. The van der Waals surface area contributed by atoms with Gasteiger partial charge in [0.1, 0.15) is 6.10 Å². The fraction of sp³-hybridized carbons (Fsp3) is 0.821. The molecule has 0 spiro atoms. The quantitative estimate of drug-likeness (QED) is 0.0451. The third-order valence-corrected chi connectivity index (χ3v) is 7.94. The molecule has 0 saturated heterocycles. The normalized spacial score (nSPS) is 12.7. The second-order valence-corrected chi connectivity index (χ2v) is 12.3. The molecule has 4 heteroatoms. The minimum absolute atomic E-state index is 0.177. The number of aliphatic hydroxyl groups is 1. The van der Waals surface area contributed by atoms with Crippen molar-refractivity contribution in [3.05, 3.63) is 36.5 Å². The lowest BCUT2D eigenvalue weighted by atomic mass is 10.1. The SMILES string of the molecule is CCCCC/C=C\C/C=C\CCCCCCCCCC(=O)OC(CO)COCCCCCCCC/C=C\CCCCCC. The maximum Gasteiger partial charge on any atom is 0.306 e. The number of rotatable bonds is 34. The van der Waals surface area contributed by atoms with Crippen molar-refractivity contribution in [2.75, 3.05) is 19.8 Å². The van der Waals surface area contributed by atoms with E-state index in [0.29, 0.717) is 13.0 Å². The van der Waals surface area contributed by atoms with Crippen LogP contribution in [0.15, 0.2) is 36.5 Å². The zero-order valence-corrected chi connectivity index (χ0v) is 28.7. The molecule has 0 heterocycles. The van der Waals surface area contributed by atoms with Gasteiger partial charge in [0.25, 0.3) is 0 Å². The zero-order valence-electron chi connectivity index (χ0n) is 28.7. The van der Waals surface area contributed by atoms with Gasteiger partial charge < -0.3 is 14.6 Å². The number of carbonyl (C=O) groups is 1. The first-order valence-electron chi connectivity index (χ1n) is 18.6. The molecule has 0 aliphatic rings. The minimum Gasteiger partial charge on any atom is -0.457 e. The van der Waals surface area contributed by atoms with Crippen molar-refractivity contribution >= 4 is 5.97 Å². The van der Waals surface area contributed by atoms with Crippen LogP contribution in [0, 0.1) is 0 Å². The topological polar surface area (TPSA) is 55.8 Å². The minimum atomic E-state index is -0.539. The Bertz CT molecular complexity index is 639. The molecular formula is C39H72O4. The molecule has 0 bridgehead atoms. The number of allylic oxidation sites excluding steroid dienone is 6. The predicted molar refractivity (Wildman–Crippen MR) is 187 cm³/mol. The van der Waals surface area contributed by atoms with Gasteiger partial charge >= 0.3 is 5.97 Å². The lowest BCUT2D eigenvalue weighted by Gasteiger charge is -2.15. The first-order chi connectivity index (χ1) is 21.2. The Balaban J connectivity index is 3.47. The molecule has 43 heavy (non-hydrogen) atoms. The second kappa shape index (κ2) is 36.8. The molecule has 0 fully saturated rings. The molecule has 0 aromatic rings. The Morgan fingerprint density at radius 2 is 0.977 bits per heavy atom. The highest BCUT2D eigenvalue weighted by Crippen LogP contribution is 2.12. The van der Waals surface area contributed by atoms with Crippen molar-refractivity contribution in [1.29, 1.82) is 0 Å². The Labute approximate surface area is 268 Å². The molecule has 0 aromatic heterocycles. The van der Waals surface area contributed by atoms with Crippen molar-refractivity contribution in [1.82, 2.24) is 0 Å². The molecule has 0 aliphatic heterocycles. The highest BCUT2D eigenvalue weighted by atomic mass is 16.6. The van der Waals surface area contributed by atoms with E-state index in [-0.39, 0.29) is 19.2 Å². The van der Waals surface area contributed by atoms with E-state index in [1.165, 1.54) is 135 Å². The Kier molecular flexibility index (Phi) is 35.6. The number of esters is 1. The van der Waals surface area contributed by atoms with Crippen LogP contribution in [0.5, 0.6) is 0 Å². The Morgan fingerprint density at radius 3 is 1.51 bits per heavy atom. The molecule has 1 N–H and O–H groups in total. The molecule has 0 aliphatic carbocycles. The van der Waals surface area contributed by atoms with Gasteiger partial charge in [-0.15, -0.1) is 0 Å². The maximum absolute atomic E-state index is 12.1. The summed E-state index contributed by atoms with van der Waals surface area (Å²) in [4.78, 5) is 12.1. The van der Waals surface area contributed by atoms with E-state index >= 15 is 0 Å². The van der Waals surface area contributed by atoms with Crippen molar-refractivity contribution in [2.45, 2.75) is 187 Å².